The summed E-state index contributed by atoms with van der Waals surface area (Å²) in [5.74, 6) is 0.405. The highest BCUT2D eigenvalue weighted by atomic mass is 32.2. The first-order valence-corrected chi connectivity index (χ1v) is 11.1. The Morgan fingerprint density at radius 1 is 1.12 bits per heavy atom. The molecule has 1 aromatic heterocycles. The number of sulfone groups is 1. The molecular weight excluding hydrogens is 353 g/mol. The Balaban J connectivity index is 1.97. The molecular formula is C18H28BNO5S. The maximum Gasteiger partial charge on any atom is 0.500 e. The fourth-order valence-corrected chi connectivity index (χ4v) is 3.82. The van der Waals surface area contributed by atoms with E-state index in [0.717, 1.165) is 25.7 Å². The summed E-state index contributed by atoms with van der Waals surface area (Å²) in [5.41, 5.74) is -0.515. The number of ether oxygens (including phenoxy) is 1. The maximum atomic E-state index is 12.0. The molecule has 26 heavy (non-hydrogen) atoms. The van der Waals surface area contributed by atoms with Gasteiger partial charge < -0.3 is 14.0 Å². The second-order valence-corrected chi connectivity index (χ2v) is 10.3. The molecule has 0 unspecified atom stereocenters. The van der Waals surface area contributed by atoms with Gasteiger partial charge in [-0.15, -0.1) is 0 Å². The predicted octanol–water partition coefficient (Wildman–Crippen LogP) is 2.50. The maximum absolute atomic E-state index is 12.0. The summed E-state index contributed by atoms with van der Waals surface area (Å²) in [6, 6.07) is 1.57. The van der Waals surface area contributed by atoms with Crippen molar-refractivity contribution >= 4 is 22.4 Å². The summed E-state index contributed by atoms with van der Waals surface area (Å²) in [6.45, 7) is 7.84. The van der Waals surface area contributed by atoms with Crippen molar-refractivity contribution in [3.8, 4) is 5.88 Å². The predicted molar refractivity (Wildman–Crippen MR) is 101 cm³/mol. The van der Waals surface area contributed by atoms with E-state index in [1.165, 1.54) is 18.9 Å². The van der Waals surface area contributed by atoms with Crippen LogP contribution in [-0.4, -0.2) is 44.1 Å². The Morgan fingerprint density at radius 3 is 2.23 bits per heavy atom. The van der Waals surface area contributed by atoms with E-state index in [2.05, 4.69) is 4.98 Å². The molecule has 1 saturated heterocycles. The van der Waals surface area contributed by atoms with Crippen LogP contribution >= 0.6 is 0 Å². The van der Waals surface area contributed by atoms with E-state index < -0.39 is 28.2 Å². The van der Waals surface area contributed by atoms with Gasteiger partial charge in [-0.2, -0.15) is 0 Å². The van der Waals surface area contributed by atoms with Crippen LogP contribution in [0.2, 0.25) is 0 Å². The van der Waals surface area contributed by atoms with Crippen LogP contribution in [0.4, 0.5) is 0 Å². The second-order valence-electron chi connectivity index (χ2n) is 8.30. The zero-order valence-electron chi connectivity index (χ0n) is 16.2. The van der Waals surface area contributed by atoms with Crippen molar-refractivity contribution in [3.05, 3.63) is 12.3 Å². The van der Waals surface area contributed by atoms with Crippen molar-refractivity contribution in [2.45, 2.75) is 82.0 Å². The van der Waals surface area contributed by atoms with Gasteiger partial charge in [-0.25, -0.2) is 13.4 Å². The second kappa shape index (κ2) is 6.80. The monoisotopic (exact) mass is 381 g/mol. The summed E-state index contributed by atoms with van der Waals surface area (Å²) in [5, 5.41) is 0. The summed E-state index contributed by atoms with van der Waals surface area (Å²) < 4.78 is 42.3. The molecule has 144 valence electrons. The first kappa shape index (κ1) is 19.6. The van der Waals surface area contributed by atoms with Crippen LogP contribution in [0.25, 0.3) is 0 Å². The molecule has 0 radical (unpaired) electrons. The molecule has 0 spiro atoms. The Bertz CT molecular complexity index is 756. The van der Waals surface area contributed by atoms with Crippen LogP contribution in [0, 0.1) is 0 Å². The minimum atomic E-state index is -3.39. The van der Waals surface area contributed by atoms with Crippen LogP contribution in [0.15, 0.2) is 17.2 Å². The van der Waals surface area contributed by atoms with Crippen molar-refractivity contribution in [1.82, 2.24) is 4.98 Å². The number of aromatic nitrogens is 1. The molecule has 0 N–H and O–H groups in total. The van der Waals surface area contributed by atoms with Gasteiger partial charge in [0, 0.05) is 17.9 Å². The quantitative estimate of drug-likeness (QED) is 0.746. The smallest absolute Gasteiger partial charge is 0.475 e. The minimum Gasteiger partial charge on any atom is -0.475 e. The van der Waals surface area contributed by atoms with Gasteiger partial charge in [-0.1, -0.05) is 6.42 Å². The summed E-state index contributed by atoms with van der Waals surface area (Å²) in [7, 11) is -4.11. The zero-order chi connectivity index (χ0) is 19.2. The summed E-state index contributed by atoms with van der Waals surface area (Å²) in [4.78, 5) is 4.46. The molecule has 0 bridgehead atoms. The van der Waals surface area contributed by atoms with Crippen molar-refractivity contribution in [3.63, 3.8) is 0 Å². The minimum absolute atomic E-state index is 0.0986. The Kier molecular flexibility index (Phi) is 5.14. The van der Waals surface area contributed by atoms with Crippen LogP contribution in [-0.2, 0) is 19.1 Å². The molecule has 8 heteroatoms. The third-order valence-corrected chi connectivity index (χ3v) is 6.70. The first-order chi connectivity index (χ1) is 12.0. The van der Waals surface area contributed by atoms with Crippen molar-refractivity contribution < 1.29 is 22.5 Å². The van der Waals surface area contributed by atoms with Gasteiger partial charge in [0.1, 0.15) is 6.10 Å². The molecule has 0 aromatic carbocycles. The summed E-state index contributed by atoms with van der Waals surface area (Å²) in [6.07, 6.45) is 8.08. The number of rotatable bonds is 4. The number of pyridine rings is 1. The van der Waals surface area contributed by atoms with Gasteiger partial charge in [0.15, 0.2) is 9.84 Å². The molecule has 2 heterocycles. The van der Waals surface area contributed by atoms with E-state index in [1.54, 1.807) is 6.07 Å². The fraction of sp³-hybridized carbons (Fsp3) is 0.722. The highest BCUT2D eigenvalue weighted by molar-refractivity contribution is 7.90. The van der Waals surface area contributed by atoms with E-state index in [1.807, 2.05) is 27.7 Å². The summed E-state index contributed by atoms with van der Waals surface area (Å²) >= 11 is 0. The van der Waals surface area contributed by atoms with Crippen molar-refractivity contribution in [2.75, 3.05) is 6.26 Å². The molecule has 3 rings (SSSR count). The topological polar surface area (TPSA) is 74.7 Å². The largest absolute Gasteiger partial charge is 0.500 e. The molecule has 0 atom stereocenters. The number of hydrogen-bond acceptors (Lipinski definition) is 6. The van der Waals surface area contributed by atoms with Crippen LogP contribution in [0.1, 0.15) is 59.8 Å². The standard InChI is InChI=1S/C18H28BNO5S/c1-17(2)18(3,4)25-19(24-17)15-11-14(26(5,21)22)12-20-16(15)23-13-9-7-6-8-10-13/h11-13H,6-10H2,1-5H3. The van der Waals surface area contributed by atoms with E-state index in [0.29, 0.717) is 11.3 Å². The highest BCUT2D eigenvalue weighted by Crippen LogP contribution is 2.37. The normalized spacial score (nSPS) is 23.2. The van der Waals surface area contributed by atoms with Crippen molar-refractivity contribution in [2.24, 2.45) is 0 Å². The van der Waals surface area contributed by atoms with Crippen LogP contribution < -0.4 is 10.2 Å². The molecule has 1 saturated carbocycles. The Hall–Kier alpha value is -1.12. The molecule has 1 aliphatic carbocycles. The van der Waals surface area contributed by atoms with Gasteiger partial charge in [0.05, 0.1) is 16.1 Å². The average molecular weight is 381 g/mol. The fourth-order valence-electron chi connectivity index (χ4n) is 3.23. The lowest BCUT2D eigenvalue weighted by atomic mass is 9.79. The van der Waals surface area contributed by atoms with E-state index in [-0.39, 0.29) is 11.0 Å². The molecule has 1 aliphatic heterocycles. The van der Waals surface area contributed by atoms with Gasteiger partial charge >= 0.3 is 7.12 Å². The lowest BCUT2D eigenvalue weighted by molar-refractivity contribution is 0.00578. The van der Waals surface area contributed by atoms with Crippen molar-refractivity contribution in [1.29, 1.82) is 0 Å². The SMILES string of the molecule is CC1(C)OB(c2cc(S(C)(=O)=O)cnc2OC2CCCCC2)OC1(C)C. The van der Waals surface area contributed by atoms with E-state index >= 15 is 0 Å². The molecule has 2 fully saturated rings. The average Bonchev–Trinajstić information content (AvgIpc) is 2.75. The highest BCUT2D eigenvalue weighted by Gasteiger charge is 2.53. The molecule has 1 aromatic rings. The Morgan fingerprint density at radius 2 is 1.69 bits per heavy atom. The van der Waals surface area contributed by atoms with Crippen LogP contribution in [0.5, 0.6) is 5.88 Å². The Labute approximate surface area is 156 Å². The van der Waals surface area contributed by atoms with Crippen LogP contribution in [0.3, 0.4) is 0 Å². The van der Waals surface area contributed by atoms with E-state index in [9.17, 15) is 8.42 Å². The lowest BCUT2D eigenvalue weighted by Crippen LogP contribution is -2.41. The van der Waals surface area contributed by atoms with Gasteiger partial charge in [-0.05, 0) is 59.4 Å². The molecule has 6 nitrogen and oxygen atoms in total. The van der Waals surface area contributed by atoms with Gasteiger partial charge in [-0.3, -0.25) is 0 Å². The molecule has 2 aliphatic rings. The van der Waals surface area contributed by atoms with Gasteiger partial charge in [0.25, 0.3) is 0 Å². The zero-order valence-corrected chi connectivity index (χ0v) is 17.1. The third kappa shape index (κ3) is 3.92. The number of hydrogen-bond donors (Lipinski definition) is 0. The third-order valence-electron chi connectivity index (χ3n) is 5.62. The molecule has 0 amide bonds. The van der Waals surface area contributed by atoms with E-state index in [4.69, 9.17) is 14.0 Å². The van der Waals surface area contributed by atoms with Gasteiger partial charge in [0.2, 0.25) is 5.88 Å². The lowest BCUT2D eigenvalue weighted by Gasteiger charge is -2.32. The number of nitrogens with zero attached hydrogens (tertiary/aromatic N) is 1. The first-order valence-electron chi connectivity index (χ1n) is 9.22.